The number of amides is 2. The van der Waals surface area contributed by atoms with Crippen molar-refractivity contribution in [2.24, 2.45) is 17.8 Å². The van der Waals surface area contributed by atoms with E-state index in [1.165, 1.54) is 0 Å². The molecule has 2 amide bonds. The average Bonchev–Trinajstić information content (AvgIpc) is 2.93. The Balaban J connectivity index is 3.28. The number of alkyl carbamates (subject to hydrolysis) is 1. The van der Waals surface area contributed by atoms with E-state index in [4.69, 9.17) is 14.2 Å². The zero-order valence-electron chi connectivity index (χ0n) is 30.4. The molecule has 0 saturated heterocycles. The van der Waals surface area contributed by atoms with Crippen molar-refractivity contribution in [2.45, 2.75) is 131 Å². The van der Waals surface area contributed by atoms with Gasteiger partial charge in [0.2, 0.25) is 5.91 Å². The van der Waals surface area contributed by atoms with Gasteiger partial charge < -0.3 is 30.0 Å². The van der Waals surface area contributed by atoms with Gasteiger partial charge in [-0.25, -0.2) is 9.59 Å². The summed E-state index contributed by atoms with van der Waals surface area (Å²) in [5.74, 6) is -0.0800. The van der Waals surface area contributed by atoms with Crippen molar-refractivity contribution in [1.82, 2.24) is 10.6 Å². The molecular formula is C37H62N2O7. The van der Waals surface area contributed by atoms with Gasteiger partial charge in [0.1, 0.15) is 18.0 Å². The summed E-state index contributed by atoms with van der Waals surface area (Å²) in [5.41, 5.74) is 1.36. The third-order valence-corrected chi connectivity index (χ3v) is 7.86. The molecule has 0 aromatic heterocycles. The molecule has 0 aliphatic rings. The number of nitrogens with one attached hydrogen (secondary N) is 2. The van der Waals surface area contributed by atoms with Crippen LogP contribution in [0.3, 0.4) is 0 Å². The Morgan fingerprint density at radius 2 is 1.65 bits per heavy atom. The van der Waals surface area contributed by atoms with Gasteiger partial charge in [0, 0.05) is 12.5 Å². The fourth-order valence-corrected chi connectivity index (χ4v) is 5.08. The molecule has 0 bridgehead atoms. The lowest BCUT2D eigenvalue weighted by molar-refractivity contribution is -0.138. The van der Waals surface area contributed by atoms with E-state index in [2.05, 4.69) is 70.9 Å². The number of aliphatic hydroxyl groups is 1. The number of aliphatic hydroxyl groups excluding tert-OH is 1. The van der Waals surface area contributed by atoms with Gasteiger partial charge in [-0.3, -0.25) is 4.79 Å². The normalized spacial score (nSPS) is 14.5. The second kappa shape index (κ2) is 18.9. The Kier molecular flexibility index (Phi) is 16.8. The minimum atomic E-state index is -0.961. The van der Waals surface area contributed by atoms with Crippen LogP contribution in [-0.4, -0.2) is 60.6 Å². The molecule has 4 atom stereocenters. The van der Waals surface area contributed by atoms with Gasteiger partial charge in [0.05, 0.1) is 24.3 Å². The first-order valence-corrected chi connectivity index (χ1v) is 16.8. The number of hydrogen-bond donors (Lipinski definition) is 3. The lowest BCUT2D eigenvalue weighted by atomic mass is 9.80. The molecule has 1 aromatic rings. The van der Waals surface area contributed by atoms with Crippen LogP contribution in [0, 0.1) is 17.8 Å². The molecule has 46 heavy (non-hydrogen) atoms. The van der Waals surface area contributed by atoms with Crippen LogP contribution in [0.4, 0.5) is 4.79 Å². The van der Waals surface area contributed by atoms with Gasteiger partial charge in [-0.1, -0.05) is 73.6 Å². The maximum atomic E-state index is 12.9. The second-order valence-electron chi connectivity index (χ2n) is 14.7. The Bertz CT molecular complexity index is 1130. The molecule has 3 N–H and O–H groups in total. The number of unbranched alkanes of at least 4 members (excludes halogenated alkanes) is 1. The third-order valence-electron chi connectivity index (χ3n) is 7.86. The predicted octanol–water partition coefficient (Wildman–Crippen LogP) is 6.88. The zero-order chi connectivity index (χ0) is 35.2. The van der Waals surface area contributed by atoms with E-state index in [-0.39, 0.29) is 48.4 Å². The van der Waals surface area contributed by atoms with E-state index < -0.39 is 35.7 Å². The predicted molar refractivity (Wildman–Crippen MR) is 184 cm³/mol. The number of ether oxygens (including phenoxy) is 3. The largest absolute Gasteiger partial charge is 0.488 e. The Morgan fingerprint density at radius 1 is 1.00 bits per heavy atom. The molecule has 0 saturated carbocycles. The van der Waals surface area contributed by atoms with E-state index in [1.54, 1.807) is 34.6 Å². The van der Waals surface area contributed by atoms with Crippen LogP contribution in [0.1, 0.15) is 113 Å². The summed E-state index contributed by atoms with van der Waals surface area (Å²) in [6.07, 6.45) is 1.63. The van der Waals surface area contributed by atoms with Crippen LogP contribution in [0.25, 0.3) is 0 Å². The van der Waals surface area contributed by atoms with Crippen molar-refractivity contribution in [3.63, 3.8) is 0 Å². The summed E-state index contributed by atoms with van der Waals surface area (Å²) >= 11 is 0. The Labute approximate surface area is 278 Å². The number of benzene rings is 1. The van der Waals surface area contributed by atoms with Gasteiger partial charge in [0.15, 0.2) is 0 Å². The highest BCUT2D eigenvalue weighted by atomic mass is 16.6. The van der Waals surface area contributed by atoms with Gasteiger partial charge >= 0.3 is 12.1 Å². The molecule has 1 rings (SSSR count). The summed E-state index contributed by atoms with van der Waals surface area (Å²) in [4.78, 5) is 37.7. The van der Waals surface area contributed by atoms with Gasteiger partial charge in [0.25, 0.3) is 0 Å². The quantitative estimate of drug-likeness (QED) is 0.0902. The second-order valence-corrected chi connectivity index (χ2v) is 14.7. The first-order valence-electron chi connectivity index (χ1n) is 16.8. The lowest BCUT2D eigenvalue weighted by Crippen LogP contribution is -2.48. The molecule has 0 radical (unpaired) electrons. The van der Waals surface area contributed by atoms with E-state index in [9.17, 15) is 19.5 Å². The first-order chi connectivity index (χ1) is 21.3. The van der Waals surface area contributed by atoms with E-state index >= 15 is 0 Å². The van der Waals surface area contributed by atoms with Gasteiger partial charge in [-0.2, -0.15) is 0 Å². The molecule has 0 heterocycles. The van der Waals surface area contributed by atoms with E-state index in [0.29, 0.717) is 25.1 Å². The van der Waals surface area contributed by atoms with Crippen LogP contribution in [0.15, 0.2) is 30.4 Å². The average molecular weight is 647 g/mol. The Morgan fingerprint density at radius 3 is 2.20 bits per heavy atom. The van der Waals surface area contributed by atoms with Crippen molar-refractivity contribution in [1.29, 1.82) is 0 Å². The van der Waals surface area contributed by atoms with Crippen molar-refractivity contribution < 1.29 is 33.7 Å². The zero-order valence-corrected chi connectivity index (χ0v) is 30.4. The van der Waals surface area contributed by atoms with Gasteiger partial charge in [-0.05, 0) is 87.8 Å². The smallest absolute Gasteiger partial charge is 0.407 e. The fourth-order valence-electron chi connectivity index (χ4n) is 5.08. The minimum absolute atomic E-state index is 0.0112. The standard InChI is InChI=1S/C37H62N2O7/c1-13-15-18-38-33(41)25(5)19-31(40)30(39-35(43)46-37(10,11)12)22-28(24(3)4)20-27-16-17-29(36(7,8)9)32(21-27)45-23-26(6)34(42)44-14-2/h16-17,21,24-25,28,30-31,40H,6,13-15,18-20,22-23H2,1-5,7-12H3,(H,38,41)(H,39,43)/t25?,28-,30-,31-/m0/s1. The van der Waals surface area contributed by atoms with Gasteiger partial charge in [-0.15, -0.1) is 0 Å². The maximum absolute atomic E-state index is 12.9. The molecule has 0 fully saturated rings. The van der Waals surface area contributed by atoms with Crippen LogP contribution in [0.2, 0.25) is 0 Å². The molecule has 9 heteroatoms. The number of rotatable bonds is 18. The monoisotopic (exact) mass is 646 g/mol. The molecule has 262 valence electrons. The Hall–Kier alpha value is -3.07. The first kappa shape index (κ1) is 41.0. The minimum Gasteiger partial charge on any atom is -0.488 e. The lowest BCUT2D eigenvalue weighted by Gasteiger charge is -2.32. The SMILES string of the molecule is C=C(COc1cc(C[C@@H](C[C@H](NC(=O)OC(C)(C)C)[C@@H](O)CC(C)C(=O)NCCCC)C(C)C)ccc1C(C)(C)C)C(=O)OCC. The number of esters is 1. The molecule has 1 aromatic carbocycles. The molecule has 0 spiro atoms. The summed E-state index contributed by atoms with van der Waals surface area (Å²) in [6.45, 7) is 26.2. The van der Waals surface area contributed by atoms with Crippen LogP contribution in [0.5, 0.6) is 5.75 Å². The summed E-state index contributed by atoms with van der Waals surface area (Å²) in [7, 11) is 0. The van der Waals surface area contributed by atoms with Crippen molar-refractivity contribution in [2.75, 3.05) is 19.8 Å². The van der Waals surface area contributed by atoms with E-state index in [0.717, 1.165) is 24.0 Å². The van der Waals surface area contributed by atoms with Crippen molar-refractivity contribution in [3.05, 3.63) is 41.5 Å². The maximum Gasteiger partial charge on any atom is 0.407 e. The van der Waals surface area contributed by atoms with Crippen molar-refractivity contribution >= 4 is 18.0 Å². The van der Waals surface area contributed by atoms with Crippen LogP contribution in [-0.2, 0) is 30.9 Å². The van der Waals surface area contributed by atoms with Crippen LogP contribution >= 0.6 is 0 Å². The topological polar surface area (TPSA) is 123 Å². The molecular weight excluding hydrogens is 584 g/mol. The molecule has 1 unspecified atom stereocenters. The highest BCUT2D eigenvalue weighted by molar-refractivity contribution is 5.88. The summed E-state index contributed by atoms with van der Waals surface area (Å²) in [5, 5.41) is 17.3. The molecule has 0 aliphatic heterocycles. The highest BCUT2D eigenvalue weighted by Gasteiger charge is 2.31. The van der Waals surface area contributed by atoms with Crippen molar-refractivity contribution in [3.8, 4) is 5.75 Å². The number of hydrogen-bond acceptors (Lipinski definition) is 7. The molecule has 0 aliphatic carbocycles. The number of carbonyl (C=O) groups excluding carboxylic acids is 3. The summed E-state index contributed by atoms with van der Waals surface area (Å²) in [6, 6.07) is 5.51. The summed E-state index contributed by atoms with van der Waals surface area (Å²) < 4.78 is 16.7. The molecule has 9 nitrogen and oxygen atoms in total. The van der Waals surface area contributed by atoms with E-state index in [1.807, 2.05) is 6.07 Å². The third kappa shape index (κ3) is 15.0. The highest BCUT2D eigenvalue weighted by Crippen LogP contribution is 2.34. The van der Waals surface area contributed by atoms with Crippen LogP contribution < -0.4 is 15.4 Å². The number of carbonyl (C=O) groups is 3. The fraction of sp³-hybridized carbons (Fsp3) is 0.703.